The molecule has 1 aliphatic carbocycles. The van der Waals surface area contributed by atoms with E-state index in [1.165, 1.54) is 14.2 Å². The molecule has 8 nitrogen and oxygen atoms in total. The minimum absolute atomic E-state index is 0.0404. The van der Waals surface area contributed by atoms with Gasteiger partial charge < -0.3 is 14.0 Å². The van der Waals surface area contributed by atoms with Crippen molar-refractivity contribution in [2.24, 2.45) is 5.92 Å². The Balaban J connectivity index is 2.00. The number of fused-ring (bicyclic) bond motifs is 1. The number of aryl methyl sites for hydroxylation is 1. The lowest BCUT2D eigenvalue weighted by molar-refractivity contribution is 0.353. The van der Waals surface area contributed by atoms with Crippen molar-refractivity contribution in [2.45, 2.75) is 39.2 Å². The highest BCUT2D eigenvalue weighted by atomic mass is 16.5. The number of hydrogen-bond donors (Lipinski definition) is 0. The van der Waals surface area contributed by atoms with Gasteiger partial charge in [-0.3, -0.25) is 9.78 Å². The molecule has 0 N–H and O–H groups in total. The molecule has 0 aromatic carbocycles. The summed E-state index contributed by atoms with van der Waals surface area (Å²) in [6.07, 6.45) is 6.51. The molecule has 3 aromatic heterocycles. The summed E-state index contributed by atoms with van der Waals surface area (Å²) in [5.74, 6) is 0.890. The van der Waals surface area contributed by atoms with Gasteiger partial charge in [-0.1, -0.05) is 6.92 Å². The monoisotopic (exact) mass is 381 g/mol. The van der Waals surface area contributed by atoms with E-state index in [9.17, 15) is 4.79 Å². The molecule has 0 amide bonds. The summed E-state index contributed by atoms with van der Waals surface area (Å²) in [6.45, 7) is 3.87. The van der Waals surface area contributed by atoms with Gasteiger partial charge in [0.05, 0.1) is 25.3 Å². The third-order valence-corrected chi connectivity index (χ3v) is 5.25. The van der Waals surface area contributed by atoms with Gasteiger partial charge in [-0.05, 0) is 38.2 Å². The molecule has 4 rings (SSSR count). The van der Waals surface area contributed by atoms with E-state index in [-0.39, 0.29) is 17.6 Å². The Morgan fingerprint density at radius 2 is 2.00 bits per heavy atom. The first kappa shape index (κ1) is 18.3. The molecule has 0 aliphatic heterocycles. The van der Waals surface area contributed by atoms with Crippen LogP contribution in [-0.4, -0.2) is 38.7 Å². The Hall–Kier alpha value is -3.03. The number of methoxy groups -OCH3 is 2. The zero-order valence-corrected chi connectivity index (χ0v) is 16.5. The first-order valence-electron chi connectivity index (χ1n) is 9.42. The number of pyridine rings is 1. The molecule has 8 heteroatoms. The highest BCUT2D eigenvalue weighted by Gasteiger charge is 2.33. The lowest BCUT2D eigenvalue weighted by Gasteiger charge is -2.21. The largest absolute Gasteiger partial charge is 0.480 e. The third kappa shape index (κ3) is 2.98. The molecule has 1 saturated carbocycles. The van der Waals surface area contributed by atoms with Crippen LogP contribution in [0.4, 0.5) is 0 Å². The number of nitrogens with zero attached hydrogens (tertiary/aromatic N) is 5. The third-order valence-electron chi connectivity index (χ3n) is 5.25. The summed E-state index contributed by atoms with van der Waals surface area (Å²) in [5, 5.41) is 0. The Kier molecular flexibility index (Phi) is 4.70. The Morgan fingerprint density at radius 1 is 1.21 bits per heavy atom. The van der Waals surface area contributed by atoms with Crippen molar-refractivity contribution in [3.63, 3.8) is 0 Å². The number of rotatable bonds is 6. The van der Waals surface area contributed by atoms with Gasteiger partial charge in [0.25, 0.3) is 5.56 Å². The lowest BCUT2D eigenvalue weighted by atomic mass is 10.1. The fourth-order valence-electron chi connectivity index (χ4n) is 3.75. The normalized spacial score (nSPS) is 14.9. The van der Waals surface area contributed by atoms with Crippen LogP contribution in [0.5, 0.6) is 11.9 Å². The second-order valence-corrected chi connectivity index (χ2v) is 6.99. The maximum atomic E-state index is 13.0. The molecule has 0 saturated heterocycles. The highest BCUT2D eigenvalue weighted by molar-refractivity contribution is 5.90. The molecule has 28 heavy (non-hydrogen) atoms. The molecular formula is C20H23N5O3. The van der Waals surface area contributed by atoms with Crippen molar-refractivity contribution in [2.75, 3.05) is 14.2 Å². The molecule has 0 unspecified atom stereocenters. The fraction of sp³-hybridized carbons (Fsp3) is 0.450. The van der Waals surface area contributed by atoms with Crippen LogP contribution in [0.3, 0.4) is 0 Å². The Bertz CT molecular complexity index is 1090. The van der Waals surface area contributed by atoms with Crippen molar-refractivity contribution in [1.82, 2.24) is 24.5 Å². The molecule has 3 heterocycles. The minimum Gasteiger partial charge on any atom is -0.480 e. The molecule has 146 valence electrons. The van der Waals surface area contributed by atoms with Crippen LogP contribution in [0.1, 0.15) is 37.9 Å². The van der Waals surface area contributed by atoms with Crippen LogP contribution < -0.4 is 15.0 Å². The zero-order valence-electron chi connectivity index (χ0n) is 16.5. The van der Waals surface area contributed by atoms with E-state index in [2.05, 4.69) is 26.9 Å². The second-order valence-electron chi connectivity index (χ2n) is 6.99. The SMILES string of the molecule is CC[C@H](C1CC1)n1c(=O)c(C)nc2c(-c3cnc(OC)nc3OC)nccc21. The quantitative estimate of drug-likeness (QED) is 0.648. The lowest BCUT2D eigenvalue weighted by Crippen LogP contribution is -2.29. The first-order valence-corrected chi connectivity index (χ1v) is 9.42. The van der Waals surface area contributed by atoms with Crippen molar-refractivity contribution in [3.8, 4) is 23.1 Å². The van der Waals surface area contributed by atoms with Crippen LogP contribution >= 0.6 is 0 Å². The van der Waals surface area contributed by atoms with Gasteiger partial charge in [-0.15, -0.1) is 0 Å². The van der Waals surface area contributed by atoms with Crippen LogP contribution in [0.15, 0.2) is 23.3 Å². The minimum atomic E-state index is -0.0404. The molecule has 0 radical (unpaired) electrons. The molecule has 0 bridgehead atoms. The predicted molar refractivity (Wildman–Crippen MR) is 105 cm³/mol. The van der Waals surface area contributed by atoms with E-state index in [1.54, 1.807) is 19.3 Å². The van der Waals surface area contributed by atoms with E-state index in [0.29, 0.717) is 34.3 Å². The average molecular weight is 381 g/mol. The van der Waals surface area contributed by atoms with E-state index in [0.717, 1.165) is 24.8 Å². The van der Waals surface area contributed by atoms with E-state index in [4.69, 9.17) is 9.47 Å². The predicted octanol–water partition coefficient (Wildman–Crippen LogP) is 2.94. The number of ether oxygens (including phenoxy) is 2. The molecule has 1 fully saturated rings. The van der Waals surface area contributed by atoms with Gasteiger partial charge in [0.15, 0.2) is 0 Å². The second kappa shape index (κ2) is 7.18. The van der Waals surface area contributed by atoms with Crippen LogP contribution in [0, 0.1) is 12.8 Å². The smallest absolute Gasteiger partial charge is 0.319 e. The Labute approximate surface area is 162 Å². The van der Waals surface area contributed by atoms with Gasteiger partial charge in [0.2, 0.25) is 5.88 Å². The summed E-state index contributed by atoms with van der Waals surface area (Å²) < 4.78 is 12.4. The molecule has 3 aromatic rings. The molecule has 1 aliphatic rings. The van der Waals surface area contributed by atoms with Gasteiger partial charge in [0, 0.05) is 18.4 Å². The number of hydrogen-bond acceptors (Lipinski definition) is 7. The summed E-state index contributed by atoms with van der Waals surface area (Å²) in [6, 6.07) is 2.23. The van der Waals surface area contributed by atoms with Gasteiger partial charge in [-0.25, -0.2) is 9.97 Å². The summed E-state index contributed by atoms with van der Waals surface area (Å²) in [4.78, 5) is 30.5. The van der Waals surface area contributed by atoms with Crippen LogP contribution in [-0.2, 0) is 0 Å². The van der Waals surface area contributed by atoms with Crippen molar-refractivity contribution in [3.05, 3.63) is 34.5 Å². The number of aromatic nitrogens is 5. The summed E-state index contributed by atoms with van der Waals surface area (Å²) in [7, 11) is 3.03. The molecular weight excluding hydrogens is 358 g/mol. The van der Waals surface area contributed by atoms with Gasteiger partial charge >= 0.3 is 6.01 Å². The van der Waals surface area contributed by atoms with Crippen LogP contribution in [0.2, 0.25) is 0 Å². The summed E-state index contributed by atoms with van der Waals surface area (Å²) >= 11 is 0. The first-order chi connectivity index (χ1) is 13.6. The standard InChI is InChI=1S/C20H23N5O3/c1-5-14(12-6-7-12)25-15-8-9-21-16(17(15)23-11(2)19(25)26)13-10-22-20(28-4)24-18(13)27-3/h8-10,12,14H,5-7H2,1-4H3/t14-/m1/s1. The molecule has 0 spiro atoms. The van der Waals surface area contributed by atoms with Crippen molar-refractivity contribution in [1.29, 1.82) is 0 Å². The highest BCUT2D eigenvalue weighted by Crippen LogP contribution is 2.42. The zero-order chi connectivity index (χ0) is 19.8. The fourth-order valence-corrected chi connectivity index (χ4v) is 3.75. The van der Waals surface area contributed by atoms with E-state index in [1.807, 2.05) is 10.6 Å². The van der Waals surface area contributed by atoms with Crippen LogP contribution in [0.25, 0.3) is 22.3 Å². The topological polar surface area (TPSA) is 92.0 Å². The maximum Gasteiger partial charge on any atom is 0.319 e. The van der Waals surface area contributed by atoms with E-state index >= 15 is 0 Å². The summed E-state index contributed by atoms with van der Waals surface area (Å²) in [5.41, 5.74) is 3.02. The van der Waals surface area contributed by atoms with Crippen molar-refractivity contribution >= 4 is 11.0 Å². The van der Waals surface area contributed by atoms with Gasteiger partial charge in [-0.2, -0.15) is 4.98 Å². The van der Waals surface area contributed by atoms with Crippen molar-refractivity contribution < 1.29 is 9.47 Å². The Morgan fingerprint density at radius 3 is 2.64 bits per heavy atom. The van der Waals surface area contributed by atoms with E-state index < -0.39 is 0 Å². The molecule has 1 atom stereocenters. The van der Waals surface area contributed by atoms with Gasteiger partial charge in [0.1, 0.15) is 16.9 Å². The maximum absolute atomic E-state index is 13.0. The average Bonchev–Trinajstić information content (AvgIpc) is 3.55.